The van der Waals surface area contributed by atoms with Crippen molar-refractivity contribution in [1.29, 1.82) is 0 Å². The highest BCUT2D eigenvalue weighted by Crippen LogP contribution is 2.27. The SMILES string of the molecule is [O-]/C(=C(\C(=S)NCc1ccco1)[n+]1cccc(CO)c1)c1ccc(Cl)s1. The number of hydrogen-bond donors (Lipinski definition) is 2. The number of nitrogens with zero attached hydrogens (tertiary/aromatic N) is 1. The van der Waals surface area contributed by atoms with Gasteiger partial charge in [-0.1, -0.05) is 23.8 Å². The van der Waals surface area contributed by atoms with Crippen molar-refractivity contribution in [2.24, 2.45) is 0 Å². The number of thiocarbonyl (C=S) groups is 1. The minimum Gasteiger partial charge on any atom is -0.867 e. The van der Waals surface area contributed by atoms with Crippen molar-refractivity contribution >= 4 is 51.6 Å². The normalized spacial score (nSPS) is 11.9. The highest BCUT2D eigenvalue weighted by Gasteiger charge is 2.20. The van der Waals surface area contributed by atoms with Gasteiger partial charge in [0.1, 0.15) is 5.76 Å². The van der Waals surface area contributed by atoms with E-state index in [1.165, 1.54) is 11.3 Å². The van der Waals surface area contributed by atoms with Gasteiger partial charge in [0, 0.05) is 16.5 Å². The van der Waals surface area contributed by atoms with E-state index in [0.717, 1.165) is 0 Å². The number of nitrogens with one attached hydrogen (secondary N) is 1. The Balaban J connectivity index is 1.99. The van der Waals surface area contributed by atoms with E-state index in [2.05, 4.69) is 5.32 Å². The molecule has 0 saturated carbocycles. The summed E-state index contributed by atoms with van der Waals surface area (Å²) in [6, 6.07) is 10.4. The van der Waals surface area contributed by atoms with Crippen LogP contribution in [0.3, 0.4) is 0 Å². The molecule has 0 aliphatic rings. The van der Waals surface area contributed by atoms with Crippen molar-refractivity contribution in [2.45, 2.75) is 13.2 Å². The van der Waals surface area contributed by atoms with E-state index < -0.39 is 0 Å². The van der Waals surface area contributed by atoms with Gasteiger partial charge in [-0.2, -0.15) is 4.57 Å². The lowest BCUT2D eigenvalue weighted by Crippen LogP contribution is -2.42. The molecule has 0 amide bonds. The van der Waals surface area contributed by atoms with Gasteiger partial charge in [0.2, 0.25) is 5.70 Å². The van der Waals surface area contributed by atoms with Crippen LogP contribution in [0, 0.1) is 0 Å². The van der Waals surface area contributed by atoms with E-state index in [9.17, 15) is 10.2 Å². The highest BCUT2D eigenvalue weighted by atomic mass is 35.5. The van der Waals surface area contributed by atoms with Gasteiger partial charge in [0.25, 0.3) is 0 Å². The third-order valence-corrected chi connectivity index (χ3v) is 5.10. The first kappa shape index (κ1) is 18.6. The summed E-state index contributed by atoms with van der Waals surface area (Å²) in [4.78, 5) is 0.755. The van der Waals surface area contributed by atoms with Gasteiger partial charge in [-0.25, -0.2) is 0 Å². The van der Waals surface area contributed by atoms with Crippen LogP contribution in [0.1, 0.15) is 16.2 Å². The van der Waals surface area contributed by atoms with Crippen LogP contribution < -0.4 is 15.0 Å². The average Bonchev–Trinajstić information content (AvgIpc) is 3.32. The number of aromatic nitrogens is 1. The first-order chi connectivity index (χ1) is 12.6. The zero-order chi connectivity index (χ0) is 18.5. The Morgan fingerprint density at radius 1 is 1.31 bits per heavy atom. The molecule has 3 rings (SSSR count). The van der Waals surface area contributed by atoms with E-state index in [4.69, 9.17) is 28.2 Å². The van der Waals surface area contributed by atoms with E-state index in [0.29, 0.717) is 27.1 Å². The second-order valence-corrected chi connectivity index (χ2v) is 7.44. The largest absolute Gasteiger partial charge is 0.867 e. The molecule has 5 nitrogen and oxygen atoms in total. The topological polar surface area (TPSA) is 72.3 Å². The summed E-state index contributed by atoms with van der Waals surface area (Å²) in [5.74, 6) is 0.450. The van der Waals surface area contributed by atoms with Crippen molar-refractivity contribution < 1.29 is 19.2 Å². The minimum atomic E-state index is -0.251. The molecule has 3 heterocycles. The maximum Gasteiger partial charge on any atom is 0.238 e. The summed E-state index contributed by atoms with van der Waals surface area (Å²) in [6.45, 7) is 0.216. The van der Waals surface area contributed by atoms with Crippen molar-refractivity contribution in [1.82, 2.24) is 5.32 Å². The molecule has 26 heavy (non-hydrogen) atoms. The Morgan fingerprint density at radius 3 is 2.81 bits per heavy atom. The van der Waals surface area contributed by atoms with E-state index >= 15 is 0 Å². The molecule has 0 aliphatic carbocycles. The molecule has 0 aliphatic heterocycles. The number of hydrogen-bond acceptors (Lipinski definition) is 5. The van der Waals surface area contributed by atoms with Crippen molar-refractivity contribution in [2.75, 3.05) is 0 Å². The monoisotopic (exact) mass is 406 g/mol. The van der Waals surface area contributed by atoms with Crippen LogP contribution in [-0.4, -0.2) is 10.1 Å². The number of aliphatic hydroxyl groups is 1. The Kier molecular flexibility index (Phi) is 6.05. The third kappa shape index (κ3) is 4.31. The molecule has 0 aromatic carbocycles. The van der Waals surface area contributed by atoms with E-state index in [1.54, 1.807) is 53.6 Å². The van der Waals surface area contributed by atoms with Gasteiger partial charge in [0.05, 0.1) is 23.8 Å². The average molecular weight is 407 g/mol. The second-order valence-electron chi connectivity index (χ2n) is 5.32. The molecule has 0 atom stereocenters. The van der Waals surface area contributed by atoms with E-state index in [-0.39, 0.29) is 23.1 Å². The smallest absolute Gasteiger partial charge is 0.238 e. The summed E-state index contributed by atoms with van der Waals surface area (Å²) >= 11 is 12.6. The molecule has 0 bridgehead atoms. The molecule has 8 heteroatoms. The predicted octanol–water partition coefficient (Wildman–Crippen LogP) is 2.58. The number of pyridine rings is 1. The Bertz CT molecular complexity index is 936. The van der Waals surface area contributed by atoms with Crippen LogP contribution >= 0.6 is 35.2 Å². The van der Waals surface area contributed by atoms with Crippen molar-refractivity contribution in [3.05, 3.63) is 75.6 Å². The fraction of sp³-hybridized carbons (Fsp3) is 0.111. The summed E-state index contributed by atoms with van der Waals surface area (Å²) in [5, 5.41) is 25.5. The zero-order valence-corrected chi connectivity index (χ0v) is 15.9. The lowest BCUT2D eigenvalue weighted by atomic mass is 10.2. The molecule has 0 unspecified atom stereocenters. The van der Waals surface area contributed by atoms with Gasteiger partial charge in [-0.05, 0) is 36.1 Å². The summed E-state index contributed by atoms with van der Waals surface area (Å²) in [6.07, 6.45) is 4.95. The highest BCUT2D eigenvalue weighted by molar-refractivity contribution is 7.81. The van der Waals surface area contributed by atoms with Crippen LogP contribution in [0.15, 0.2) is 59.5 Å². The lowest BCUT2D eigenvalue weighted by Gasteiger charge is -2.15. The fourth-order valence-electron chi connectivity index (χ4n) is 2.31. The molecule has 0 fully saturated rings. The van der Waals surface area contributed by atoms with Crippen LogP contribution in [0.5, 0.6) is 0 Å². The number of halogens is 1. The second kappa shape index (κ2) is 8.46. The van der Waals surface area contributed by atoms with Crippen molar-refractivity contribution in [3.63, 3.8) is 0 Å². The molecular weight excluding hydrogens is 392 g/mol. The first-order valence-electron chi connectivity index (χ1n) is 7.67. The van der Waals surface area contributed by atoms with E-state index in [1.807, 2.05) is 6.07 Å². The van der Waals surface area contributed by atoms with Crippen LogP contribution in [-0.2, 0) is 13.2 Å². The van der Waals surface area contributed by atoms with Gasteiger partial charge in [-0.3, -0.25) is 0 Å². The molecule has 0 saturated heterocycles. The number of furan rings is 1. The number of thiophene rings is 1. The van der Waals surface area contributed by atoms with Gasteiger partial charge >= 0.3 is 0 Å². The Labute approximate surface area is 164 Å². The molecular formula is C18H15ClN2O3S2. The maximum atomic E-state index is 13.0. The van der Waals surface area contributed by atoms with Crippen LogP contribution in [0.25, 0.3) is 11.5 Å². The van der Waals surface area contributed by atoms with Gasteiger partial charge < -0.3 is 19.9 Å². The standard InChI is InChI=1S/C18H15ClN2O3S2/c19-15-6-5-14(26-15)17(23)16(21-7-1-3-12(10-21)11-22)18(25)20-9-13-4-2-8-24-13/h1-8,10,22H,9,11H2,(H-,20,23,25). The lowest BCUT2D eigenvalue weighted by molar-refractivity contribution is -0.578. The zero-order valence-electron chi connectivity index (χ0n) is 13.5. The number of rotatable bonds is 6. The summed E-state index contributed by atoms with van der Waals surface area (Å²) in [7, 11) is 0. The van der Waals surface area contributed by atoms with Crippen LogP contribution in [0.2, 0.25) is 4.34 Å². The predicted molar refractivity (Wildman–Crippen MR) is 103 cm³/mol. The Morgan fingerprint density at radius 2 is 2.15 bits per heavy atom. The summed E-state index contributed by atoms with van der Waals surface area (Å²) < 4.78 is 7.42. The molecule has 3 aromatic heterocycles. The minimum absolute atomic E-state index is 0.139. The molecule has 0 radical (unpaired) electrons. The number of aliphatic hydroxyl groups excluding tert-OH is 1. The fourth-order valence-corrected chi connectivity index (χ4v) is 3.57. The van der Waals surface area contributed by atoms with Gasteiger partial charge in [0.15, 0.2) is 17.4 Å². The Hall–Kier alpha value is -2.19. The molecule has 134 valence electrons. The molecule has 0 spiro atoms. The van der Waals surface area contributed by atoms with Crippen molar-refractivity contribution in [3.8, 4) is 0 Å². The molecule has 3 aromatic rings. The van der Waals surface area contributed by atoms with Gasteiger partial charge in [-0.15, -0.1) is 11.3 Å². The quantitative estimate of drug-likeness (QED) is 0.285. The van der Waals surface area contributed by atoms with Crippen LogP contribution in [0.4, 0.5) is 0 Å². The maximum absolute atomic E-state index is 13.0. The summed E-state index contributed by atoms with van der Waals surface area (Å²) in [5.41, 5.74) is 0.941. The molecule has 2 N–H and O–H groups in total. The third-order valence-electron chi connectivity index (χ3n) is 3.53. The first-order valence-corrected chi connectivity index (χ1v) is 9.27.